The fourth-order valence-corrected chi connectivity index (χ4v) is 7.95. The molecule has 5 rings (SSSR count). The van der Waals surface area contributed by atoms with Gasteiger partial charge >= 0.3 is 0 Å². The summed E-state index contributed by atoms with van der Waals surface area (Å²) in [4.78, 5) is 0. The predicted octanol–water partition coefficient (Wildman–Crippen LogP) is 13.5. The summed E-state index contributed by atoms with van der Waals surface area (Å²) >= 11 is 0. The van der Waals surface area contributed by atoms with E-state index in [-0.39, 0.29) is 5.41 Å². The van der Waals surface area contributed by atoms with Crippen LogP contribution in [0.3, 0.4) is 0 Å². The van der Waals surface area contributed by atoms with Gasteiger partial charge in [0.1, 0.15) is 11.5 Å². The van der Waals surface area contributed by atoms with Crippen LogP contribution >= 0.6 is 0 Å². The zero-order chi connectivity index (χ0) is 34.6. The van der Waals surface area contributed by atoms with Gasteiger partial charge in [0.25, 0.3) is 0 Å². The molecule has 2 nitrogen and oxygen atoms in total. The Morgan fingerprint density at radius 3 is 1.22 bits per heavy atom. The van der Waals surface area contributed by atoms with Crippen LogP contribution in [0.5, 0.6) is 11.5 Å². The van der Waals surface area contributed by atoms with E-state index < -0.39 is 0 Å². The van der Waals surface area contributed by atoms with Crippen molar-refractivity contribution >= 4 is 24.3 Å². The molecule has 0 heterocycles. The minimum Gasteiger partial charge on any atom is -0.497 e. The number of methoxy groups -OCH3 is 2. The third kappa shape index (κ3) is 8.77. The third-order valence-electron chi connectivity index (χ3n) is 10.9. The van der Waals surface area contributed by atoms with Crippen LogP contribution in [-0.2, 0) is 5.41 Å². The first-order valence-corrected chi connectivity index (χ1v) is 18.9. The highest BCUT2D eigenvalue weighted by molar-refractivity contribution is 5.85. The maximum atomic E-state index is 5.39. The van der Waals surface area contributed by atoms with Crippen LogP contribution in [0.4, 0.5) is 0 Å². The minimum absolute atomic E-state index is 0.0125. The number of rotatable bonds is 18. The topological polar surface area (TPSA) is 18.5 Å². The van der Waals surface area contributed by atoms with Crippen molar-refractivity contribution in [1.29, 1.82) is 0 Å². The Labute approximate surface area is 297 Å². The van der Waals surface area contributed by atoms with Gasteiger partial charge in [0.15, 0.2) is 0 Å². The van der Waals surface area contributed by atoms with Crippen molar-refractivity contribution in [2.24, 2.45) is 11.8 Å². The Morgan fingerprint density at radius 2 is 0.878 bits per heavy atom. The van der Waals surface area contributed by atoms with E-state index in [9.17, 15) is 0 Å². The molecule has 2 atom stereocenters. The summed E-state index contributed by atoms with van der Waals surface area (Å²) < 4.78 is 10.8. The van der Waals surface area contributed by atoms with E-state index in [2.05, 4.69) is 113 Å². The van der Waals surface area contributed by atoms with Crippen LogP contribution in [0.1, 0.15) is 125 Å². The van der Waals surface area contributed by atoms with Gasteiger partial charge in [-0.15, -0.1) is 0 Å². The molecule has 0 radical (unpaired) electrons. The molecular formula is C47H58O2. The fourth-order valence-electron chi connectivity index (χ4n) is 7.95. The molecule has 0 aliphatic heterocycles. The summed E-state index contributed by atoms with van der Waals surface area (Å²) in [5.41, 5.74) is 10.8. The highest BCUT2D eigenvalue weighted by atomic mass is 16.5. The third-order valence-corrected chi connectivity index (χ3v) is 10.9. The van der Waals surface area contributed by atoms with Crippen molar-refractivity contribution in [3.05, 3.63) is 118 Å². The van der Waals surface area contributed by atoms with Crippen LogP contribution in [0.15, 0.2) is 84.9 Å². The Bertz CT molecular complexity index is 1550. The van der Waals surface area contributed by atoms with Gasteiger partial charge in [-0.2, -0.15) is 0 Å². The average molecular weight is 655 g/mol. The molecule has 0 aromatic heterocycles. The van der Waals surface area contributed by atoms with E-state index in [1.807, 2.05) is 24.3 Å². The van der Waals surface area contributed by atoms with Crippen molar-refractivity contribution in [2.75, 3.05) is 14.2 Å². The number of benzene rings is 4. The molecule has 49 heavy (non-hydrogen) atoms. The minimum atomic E-state index is -0.0125. The molecule has 258 valence electrons. The van der Waals surface area contributed by atoms with Crippen molar-refractivity contribution in [3.8, 4) is 22.6 Å². The van der Waals surface area contributed by atoms with Crippen LogP contribution in [-0.4, -0.2) is 14.2 Å². The fraction of sp³-hybridized carbons (Fsp3) is 0.404. The van der Waals surface area contributed by atoms with Gasteiger partial charge in [-0.1, -0.05) is 164 Å². The second-order valence-electron chi connectivity index (χ2n) is 14.1. The highest BCUT2D eigenvalue weighted by Crippen LogP contribution is 2.57. The molecule has 4 aromatic carbocycles. The lowest BCUT2D eigenvalue weighted by atomic mass is 9.65. The SMILES string of the molecule is CCCCC(CC)CC1(CC(CC)CCCC)c2cc(C=Cc3ccc(OC)cc3)ccc2-c2ccc(C=Cc3ccc(OC)cc3)cc21. The predicted molar refractivity (Wildman–Crippen MR) is 212 cm³/mol. The van der Waals surface area contributed by atoms with E-state index >= 15 is 0 Å². The first-order valence-electron chi connectivity index (χ1n) is 18.9. The molecular weight excluding hydrogens is 597 g/mol. The summed E-state index contributed by atoms with van der Waals surface area (Å²) in [5, 5.41) is 0. The average Bonchev–Trinajstić information content (AvgIpc) is 3.41. The Hall–Kier alpha value is -4.04. The summed E-state index contributed by atoms with van der Waals surface area (Å²) in [6, 6.07) is 31.2. The molecule has 1 aliphatic carbocycles. The molecule has 0 fully saturated rings. The number of ether oxygens (including phenoxy) is 2. The van der Waals surface area contributed by atoms with Crippen LogP contribution in [0.25, 0.3) is 35.4 Å². The molecule has 1 aliphatic rings. The molecule has 0 spiro atoms. The van der Waals surface area contributed by atoms with E-state index in [4.69, 9.17) is 9.47 Å². The summed E-state index contributed by atoms with van der Waals surface area (Å²) in [6.07, 6.45) is 21.7. The monoisotopic (exact) mass is 654 g/mol. The molecule has 0 bridgehead atoms. The van der Waals surface area contributed by atoms with Gasteiger partial charge in [-0.3, -0.25) is 0 Å². The number of unbranched alkanes of at least 4 members (excludes halogenated alkanes) is 2. The molecule has 2 unspecified atom stereocenters. The molecule has 2 heteroatoms. The van der Waals surface area contributed by atoms with Gasteiger partial charge in [0.05, 0.1) is 14.2 Å². The lowest BCUT2D eigenvalue weighted by Gasteiger charge is -2.39. The Kier molecular flexibility index (Phi) is 13.0. The van der Waals surface area contributed by atoms with Crippen LogP contribution < -0.4 is 9.47 Å². The zero-order valence-corrected chi connectivity index (χ0v) is 30.9. The molecule has 4 aromatic rings. The maximum Gasteiger partial charge on any atom is 0.118 e. The van der Waals surface area contributed by atoms with E-state index in [1.54, 1.807) is 25.3 Å². The van der Waals surface area contributed by atoms with Gasteiger partial charge in [0, 0.05) is 5.41 Å². The second kappa shape index (κ2) is 17.6. The van der Waals surface area contributed by atoms with Crippen molar-refractivity contribution in [3.63, 3.8) is 0 Å². The van der Waals surface area contributed by atoms with Crippen LogP contribution in [0, 0.1) is 11.8 Å². The van der Waals surface area contributed by atoms with E-state index in [0.717, 1.165) is 11.5 Å². The van der Waals surface area contributed by atoms with E-state index in [0.29, 0.717) is 11.8 Å². The number of hydrogen-bond acceptors (Lipinski definition) is 2. The molecule has 0 saturated carbocycles. The van der Waals surface area contributed by atoms with E-state index in [1.165, 1.54) is 97.6 Å². The number of fused-ring (bicyclic) bond motifs is 3. The van der Waals surface area contributed by atoms with Crippen molar-refractivity contribution in [2.45, 2.75) is 97.3 Å². The van der Waals surface area contributed by atoms with Crippen LogP contribution in [0.2, 0.25) is 0 Å². The maximum absolute atomic E-state index is 5.39. The largest absolute Gasteiger partial charge is 0.497 e. The second-order valence-corrected chi connectivity index (χ2v) is 14.1. The quantitative estimate of drug-likeness (QED) is 0.0994. The van der Waals surface area contributed by atoms with Gasteiger partial charge in [0.2, 0.25) is 0 Å². The zero-order valence-electron chi connectivity index (χ0n) is 30.9. The molecule has 0 saturated heterocycles. The number of hydrogen-bond donors (Lipinski definition) is 0. The van der Waals surface area contributed by atoms with Gasteiger partial charge in [-0.05, 0) is 93.5 Å². The summed E-state index contributed by atoms with van der Waals surface area (Å²) in [7, 11) is 3.44. The summed E-state index contributed by atoms with van der Waals surface area (Å²) in [5.74, 6) is 3.16. The first kappa shape index (κ1) is 36.2. The Morgan fingerprint density at radius 1 is 0.510 bits per heavy atom. The molecule has 0 amide bonds. The van der Waals surface area contributed by atoms with Gasteiger partial charge in [-0.25, -0.2) is 0 Å². The normalized spacial score (nSPS) is 16.5. The summed E-state index contributed by atoms with van der Waals surface area (Å²) in [6.45, 7) is 9.51. The van der Waals surface area contributed by atoms with Crippen molar-refractivity contribution in [1.82, 2.24) is 0 Å². The standard InChI is InChI=1S/C47H58O2/c1-7-11-13-35(9-3)33-47(34-36(10-4)14-12-8-2)45-31-39(17-15-37-19-25-41(48-5)26-20-37)23-29-43(45)44-30-24-40(32-46(44)47)18-16-38-21-27-42(49-6)28-22-38/h15-32,35-36H,7-14,33-34H2,1-6H3. The lowest BCUT2D eigenvalue weighted by molar-refractivity contribution is 0.266. The van der Waals surface area contributed by atoms with Crippen molar-refractivity contribution < 1.29 is 9.47 Å². The molecule has 0 N–H and O–H groups in total. The first-order chi connectivity index (χ1) is 24.0. The smallest absolute Gasteiger partial charge is 0.118 e. The Balaban J connectivity index is 1.62. The van der Waals surface area contributed by atoms with Gasteiger partial charge < -0.3 is 9.47 Å². The lowest BCUT2D eigenvalue weighted by Crippen LogP contribution is -2.31. The highest BCUT2D eigenvalue weighted by Gasteiger charge is 2.45.